The number of fused-ring (bicyclic) bond motifs is 3. The third kappa shape index (κ3) is 3.30. The molecular weight excluding hydrogens is 322 g/mol. The summed E-state index contributed by atoms with van der Waals surface area (Å²) in [6.07, 6.45) is 4.12. The lowest BCUT2D eigenvalue weighted by molar-refractivity contribution is 0.0622. The number of carbonyl (C=O) groups excluding carboxylic acids is 1. The fourth-order valence-electron chi connectivity index (χ4n) is 3.58. The maximum absolute atomic E-state index is 12.5. The van der Waals surface area contributed by atoms with Crippen molar-refractivity contribution >= 4 is 17.2 Å². The van der Waals surface area contributed by atoms with Crippen molar-refractivity contribution in [3.63, 3.8) is 0 Å². The molecule has 2 bridgehead atoms. The quantitative estimate of drug-likeness (QED) is 0.927. The molecule has 3 saturated heterocycles. The summed E-state index contributed by atoms with van der Waals surface area (Å²) in [5.74, 6) is 2.09. The van der Waals surface area contributed by atoms with Gasteiger partial charge in [-0.2, -0.15) is 0 Å². The van der Waals surface area contributed by atoms with E-state index in [9.17, 15) is 4.79 Å². The number of pyridine rings is 1. The monoisotopic (exact) mass is 343 g/mol. The second-order valence-electron chi connectivity index (χ2n) is 6.60. The first kappa shape index (κ1) is 15.6. The van der Waals surface area contributed by atoms with Crippen molar-refractivity contribution in [2.45, 2.75) is 25.8 Å². The number of thiophene rings is 1. The summed E-state index contributed by atoms with van der Waals surface area (Å²) in [6.45, 7) is 5.27. The number of ether oxygens (including phenoxy) is 1. The highest BCUT2D eigenvalue weighted by molar-refractivity contribution is 7.12. The molecule has 0 aliphatic carbocycles. The first-order valence-electron chi connectivity index (χ1n) is 8.39. The average molecular weight is 343 g/mol. The largest absolute Gasteiger partial charge is 0.456 e. The molecule has 5 heterocycles. The minimum atomic E-state index is 0.0134. The Morgan fingerprint density at radius 3 is 2.88 bits per heavy atom. The second-order valence-corrected chi connectivity index (χ2v) is 7.51. The Hall–Kier alpha value is -1.92. The molecule has 1 N–H and O–H groups in total. The van der Waals surface area contributed by atoms with Gasteiger partial charge in [0.2, 0.25) is 0 Å². The van der Waals surface area contributed by atoms with Gasteiger partial charge >= 0.3 is 0 Å². The van der Waals surface area contributed by atoms with E-state index in [1.165, 1.54) is 37.3 Å². The lowest BCUT2D eigenvalue weighted by atomic mass is 9.84. The second kappa shape index (κ2) is 6.53. The maximum atomic E-state index is 12.5. The first-order chi connectivity index (χ1) is 11.7. The fourth-order valence-corrected chi connectivity index (χ4v) is 4.29. The lowest BCUT2D eigenvalue weighted by Crippen LogP contribution is -2.57. The van der Waals surface area contributed by atoms with Crippen molar-refractivity contribution in [1.82, 2.24) is 15.2 Å². The molecule has 24 heavy (non-hydrogen) atoms. The minimum Gasteiger partial charge on any atom is -0.456 e. The van der Waals surface area contributed by atoms with Gasteiger partial charge in [-0.3, -0.25) is 9.78 Å². The zero-order valence-corrected chi connectivity index (χ0v) is 14.5. The number of nitrogens with zero attached hydrogens (tertiary/aromatic N) is 2. The van der Waals surface area contributed by atoms with Crippen LogP contribution in [0.2, 0.25) is 0 Å². The van der Waals surface area contributed by atoms with Crippen molar-refractivity contribution in [3.8, 4) is 11.5 Å². The Morgan fingerprint density at radius 1 is 1.33 bits per heavy atom. The van der Waals surface area contributed by atoms with Gasteiger partial charge in [-0.25, -0.2) is 0 Å². The Bertz CT molecular complexity index is 737. The Kier molecular flexibility index (Phi) is 4.24. The van der Waals surface area contributed by atoms with Crippen LogP contribution in [-0.4, -0.2) is 41.5 Å². The molecule has 0 aromatic carbocycles. The number of aromatic nitrogens is 1. The third-order valence-electron chi connectivity index (χ3n) is 4.88. The van der Waals surface area contributed by atoms with Crippen LogP contribution in [0.1, 0.15) is 28.2 Å². The highest BCUT2D eigenvalue weighted by atomic mass is 32.1. The number of hydrogen-bond acceptors (Lipinski definition) is 5. The molecule has 2 aromatic rings. The smallest absolute Gasteiger partial charge is 0.261 e. The van der Waals surface area contributed by atoms with Crippen LogP contribution in [-0.2, 0) is 0 Å². The maximum Gasteiger partial charge on any atom is 0.261 e. The average Bonchev–Trinajstić information content (AvgIpc) is 3.05. The van der Waals surface area contributed by atoms with Crippen LogP contribution in [0, 0.1) is 12.8 Å². The molecule has 3 fully saturated rings. The molecule has 5 nitrogen and oxygen atoms in total. The zero-order chi connectivity index (χ0) is 16.5. The van der Waals surface area contributed by atoms with Gasteiger partial charge in [-0.15, -0.1) is 11.3 Å². The SMILES string of the molecule is Cc1cc(Oc2csc(C(=O)NC3CN4CCC3CC4)c2)ccn1. The molecule has 0 spiro atoms. The van der Waals surface area contributed by atoms with E-state index in [1.54, 1.807) is 6.20 Å². The minimum absolute atomic E-state index is 0.0134. The number of rotatable bonds is 4. The third-order valence-corrected chi connectivity index (χ3v) is 5.78. The molecule has 5 rings (SSSR count). The summed E-state index contributed by atoms with van der Waals surface area (Å²) in [7, 11) is 0. The van der Waals surface area contributed by atoms with E-state index in [2.05, 4.69) is 15.2 Å². The fraction of sp³-hybridized carbons (Fsp3) is 0.444. The van der Waals surface area contributed by atoms with E-state index < -0.39 is 0 Å². The predicted molar refractivity (Wildman–Crippen MR) is 93.8 cm³/mol. The highest BCUT2D eigenvalue weighted by Crippen LogP contribution is 2.29. The van der Waals surface area contributed by atoms with Crippen molar-refractivity contribution in [2.75, 3.05) is 19.6 Å². The van der Waals surface area contributed by atoms with Gasteiger partial charge in [0.05, 0.1) is 4.88 Å². The van der Waals surface area contributed by atoms with E-state index >= 15 is 0 Å². The molecule has 0 radical (unpaired) electrons. The topological polar surface area (TPSA) is 54.5 Å². The molecule has 3 aliphatic rings. The highest BCUT2D eigenvalue weighted by Gasteiger charge is 2.35. The van der Waals surface area contributed by atoms with Gasteiger partial charge in [-0.1, -0.05) is 0 Å². The predicted octanol–water partition coefficient (Wildman–Crippen LogP) is 3.07. The molecule has 6 heteroatoms. The van der Waals surface area contributed by atoms with Gasteiger partial charge in [0, 0.05) is 42.0 Å². The lowest BCUT2D eigenvalue weighted by Gasteiger charge is -2.44. The summed E-state index contributed by atoms with van der Waals surface area (Å²) in [5.41, 5.74) is 0.906. The molecule has 0 saturated carbocycles. The Morgan fingerprint density at radius 2 is 2.17 bits per heavy atom. The van der Waals surface area contributed by atoms with Crippen LogP contribution in [0.15, 0.2) is 29.8 Å². The van der Waals surface area contributed by atoms with Crippen molar-refractivity contribution in [3.05, 3.63) is 40.3 Å². The summed E-state index contributed by atoms with van der Waals surface area (Å²) >= 11 is 1.42. The standard InChI is InChI=1S/C18H21N3O2S/c1-12-8-14(2-5-19-12)23-15-9-17(24-11-15)18(22)20-16-10-21-6-3-13(16)4-7-21/h2,5,8-9,11,13,16H,3-4,6-7,10H2,1H3,(H,20,22). The Labute approximate surface area is 145 Å². The van der Waals surface area contributed by atoms with Crippen molar-refractivity contribution < 1.29 is 9.53 Å². The summed E-state index contributed by atoms with van der Waals surface area (Å²) in [6, 6.07) is 5.80. The number of hydrogen-bond donors (Lipinski definition) is 1. The summed E-state index contributed by atoms with van der Waals surface area (Å²) in [5, 5.41) is 5.09. The molecule has 1 unspecified atom stereocenters. The molecule has 3 aliphatic heterocycles. The molecule has 1 atom stereocenters. The Balaban J connectivity index is 1.40. The molecule has 126 valence electrons. The molecular formula is C18H21N3O2S. The van der Waals surface area contributed by atoms with Crippen LogP contribution >= 0.6 is 11.3 Å². The van der Waals surface area contributed by atoms with Crippen LogP contribution in [0.5, 0.6) is 11.5 Å². The van der Waals surface area contributed by atoms with Gasteiger partial charge in [0.15, 0.2) is 0 Å². The van der Waals surface area contributed by atoms with Gasteiger partial charge in [-0.05, 0) is 44.8 Å². The van der Waals surface area contributed by atoms with E-state index in [-0.39, 0.29) is 11.9 Å². The van der Waals surface area contributed by atoms with E-state index in [4.69, 9.17) is 4.74 Å². The van der Waals surface area contributed by atoms with Gasteiger partial charge < -0.3 is 15.0 Å². The number of amides is 1. The number of carbonyl (C=O) groups is 1. The van der Waals surface area contributed by atoms with E-state index in [0.29, 0.717) is 16.5 Å². The van der Waals surface area contributed by atoms with E-state index in [1.807, 2.05) is 30.5 Å². The van der Waals surface area contributed by atoms with Gasteiger partial charge in [0.1, 0.15) is 11.5 Å². The summed E-state index contributed by atoms with van der Waals surface area (Å²) < 4.78 is 5.81. The van der Waals surface area contributed by atoms with Crippen LogP contribution in [0.25, 0.3) is 0 Å². The van der Waals surface area contributed by atoms with Crippen molar-refractivity contribution in [1.29, 1.82) is 0 Å². The number of nitrogens with one attached hydrogen (secondary N) is 1. The van der Waals surface area contributed by atoms with Crippen LogP contribution in [0.4, 0.5) is 0 Å². The van der Waals surface area contributed by atoms with E-state index in [0.717, 1.165) is 18.0 Å². The van der Waals surface area contributed by atoms with Crippen LogP contribution in [0.3, 0.4) is 0 Å². The van der Waals surface area contributed by atoms with Gasteiger partial charge in [0.25, 0.3) is 5.91 Å². The molecule has 1 amide bonds. The summed E-state index contributed by atoms with van der Waals surface area (Å²) in [4.78, 5) is 19.8. The number of piperidine rings is 3. The molecule has 2 aromatic heterocycles. The number of aryl methyl sites for hydroxylation is 1. The normalized spacial score (nSPS) is 25.5. The zero-order valence-electron chi connectivity index (χ0n) is 13.7. The van der Waals surface area contributed by atoms with Crippen LogP contribution < -0.4 is 10.1 Å². The first-order valence-corrected chi connectivity index (χ1v) is 9.27. The van der Waals surface area contributed by atoms with Crippen molar-refractivity contribution in [2.24, 2.45) is 5.92 Å².